The van der Waals surface area contributed by atoms with Crippen LogP contribution in [-0.2, 0) is 4.74 Å². The molecule has 0 amide bonds. The Labute approximate surface area is 119 Å². The van der Waals surface area contributed by atoms with Crippen molar-refractivity contribution >= 4 is 0 Å². The largest absolute Gasteiger partial charge is 0.381 e. The van der Waals surface area contributed by atoms with Crippen LogP contribution < -0.4 is 5.32 Å². The highest BCUT2D eigenvalue weighted by atomic mass is 16.5. The molecular weight excluding hydrogens is 236 g/mol. The van der Waals surface area contributed by atoms with Crippen molar-refractivity contribution in [1.82, 2.24) is 10.2 Å². The van der Waals surface area contributed by atoms with Crippen LogP contribution in [0.1, 0.15) is 47.0 Å². The van der Waals surface area contributed by atoms with E-state index in [1.807, 2.05) is 0 Å². The third-order valence-electron chi connectivity index (χ3n) is 4.82. The summed E-state index contributed by atoms with van der Waals surface area (Å²) >= 11 is 0. The van der Waals surface area contributed by atoms with Crippen molar-refractivity contribution in [2.24, 2.45) is 11.3 Å². The second-order valence-corrected chi connectivity index (χ2v) is 7.44. The molecule has 2 heterocycles. The maximum absolute atomic E-state index is 5.52. The van der Waals surface area contributed by atoms with Gasteiger partial charge in [0, 0.05) is 44.9 Å². The van der Waals surface area contributed by atoms with Gasteiger partial charge in [0.05, 0.1) is 0 Å². The Morgan fingerprint density at radius 1 is 1.32 bits per heavy atom. The maximum Gasteiger partial charge on any atom is 0.0471 e. The number of nitrogens with one attached hydrogen (secondary N) is 1. The molecule has 0 aromatic rings. The SMILES string of the molecule is CC(C)CC1CN(CC2(C)CCOCC2)C(C)CN1. The topological polar surface area (TPSA) is 24.5 Å². The van der Waals surface area contributed by atoms with Crippen molar-refractivity contribution in [3.05, 3.63) is 0 Å². The van der Waals surface area contributed by atoms with Crippen molar-refractivity contribution in [3.8, 4) is 0 Å². The van der Waals surface area contributed by atoms with Gasteiger partial charge in [-0.3, -0.25) is 4.90 Å². The molecule has 0 saturated carbocycles. The number of piperazine rings is 1. The number of nitrogens with zero attached hydrogens (tertiary/aromatic N) is 1. The molecule has 0 spiro atoms. The van der Waals surface area contributed by atoms with Crippen molar-refractivity contribution in [1.29, 1.82) is 0 Å². The van der Waals surface area contributed by atoms with E-state index in [1.54, 1.807) is 0 Å². The molecule has 2 fully saturated rings. The molecule has 19 heavy (non-hydrogen) atoms. The van der Waals surface area contributed by atoms with Crippen LogP contribution in [0, 0.1) is 11.3 Å². The van der Waals surface area contributed by atoms with E-state index in [-0.39, 0.29) is 0 Å². The minimum absolute atomic E-state index is 0.465. The average Bonchev–Trinajstić information content (AvgIpc) is 2.33. The summed E-state index contributed by atoms with van der Waals surface area (Å²) in [6.45, 7) is 15.0. The van der Waals surface area contributed by atoms with Gasteiger partial charge in [-0.25, -0.2) is 0 Å². The van der Waals surface area contributed by atoms with Crippen molar-refractivity contribution in [2.45, 2.75) is 59.0 Å². The van der Waals surface area contributed by atoms with Gasteiger partial charge in [-0.2, -0.15) is 0 Å². The third kappa shape index (κ3) is 4.44. The van der Waals surface area contributed by atoms with Gasteiger partial charge in [-0.1, -0.05) is 20.8 Å². The van der Waals surface area contributed by atoms with Gasteiger partial charge in [0.25, 0.3) is 0 Å². The maximum atomic E-state index is 5.52. The molecule has 2 saturated heterocycles. The highest BCUT2D eigenvalue weighted by Gasteiger charge is 2.33. The Balaban J connectivity index is 1.89. The van der Waals surface area contributed by atoms with E-state index >= 15 is 0 Å². The van der Waals surface area contributed by atoms with E-state index in [1.165, 1.54) is 32.4 Å². The van der Waals surface area contributed by atoms with Crippen LogP contribution in [0.25, 0.3) is 0 Å². The van der Waals surface area contributed by atoms with Crippen LogP contribution in [0.15, 0.2) is 0 Å². The van der Waals surface area contributed by atoms with Gasteiger partial charge in [-0.05, 0) is 37.5 Å². The molecule has 2 unspecified atom stereocenters. The van der Waals surface area contributed by atoms with Gasteiger partial charge in [0.15, 0.2) is 0 Å². The van der Waals surface area contributed by atoms with Crippen molar-refractivity contribution in [3.63, 3.8) is 0 Å². The predicted octanol–water partition coefficient (Wildman–Crippen LogP) is 2.51. The molecule has 2 aliphatic heterocycles. The lowest BCUT2D eigenvalue weighted by Crippen LogP contribution is -2.58. The summed E-state index contributed by atoms with van der Waals surface area (Å²) < 4.78 is 5.52. The van der Waals surface area contributed by atoms with Crippen LogP contribution in [0.3, 0.4) is 0 Å². The molecule has 2 atom stereocenters. The molecule has 0 aromatic carbocycles. The Hall–Kier alpha value is -0.120. The summed E-state index contributed by atoms with van der Waals surface area (Å²) in [5.74, 6) is 0.784. The number of hydrogen-bond acceptors (Lipinski definition) is 3. The third-order valence-corrected chi connectivity index (χ3v) is 4.82. The van der Waals surface area contributed by atoms with E-state index < -0.39 is 0 Å². The minimum Gasteiger partial charge on any atom is -0.381 e. The first-order valence-electron chi connectivity index (χ1n) is 8.04. The fraction of sp³-hybridized carbons (Fsp3) is 1.00. The van der Waals surface area contributed by atoms with Crippen LogP contribution in [0.4, 0.5) is 0 Å². The van der Waals surface area contributed by atoms with Gasteiger partial charge in [0.1, 0.15) is 0 Å². The molecule has 2 aliphatic rings. The molecule has 0 aliphatic carbocycles. The zero-order valence-corrected chi connectivity index (χ0v) is 13.2. The quantitative estimate of drug-likeness (QED) is 0.848. The standard InChI is InChI=1S/C16H32N2O/c1-13(2)9-15-11-18(14(3)10-17-15)12-16(4)5-7-19-8-6-16/h13-15,17H,5-12H2,1-4H3. The molecule has 0 radical (unpaired) electrons. The van der Waals surface area contributed by atoms with Gasteiger partial charge in [0.2, 0.25) is 0 Å². The lowest BCUT2D eigenvalue weighted by molar-refractivity contribution is -0.00927. The smallest absolute Gasteiger partial charge is 0.0471 e. The van der Waals surface area contributed by atoms with Gasteiger partial charge < -0.3 is 10.1 Å². The summed E-state index contributed by atoms with van der Waals surface area (Å²) in [7, 11) is 0. The normalized spacial score (nSPS) is 32.7. The highest BCUT2D eigenvalue weighted by molar-refractivity contribution is 4.89. The molecule has 0 aromatic heterocycles. The zero-order valence-electron chi connectivity index (χ0n) is 13.2. The molecule has 3 nitrogen and oxygen atoms in total. The molecule has 2 rings (SSSR count). The van der Waals surface area contributed by atoms with E-state index in [0.717, 1.165) is 25.7 Å². The molecule has 0 bridgehead atoms. The molecule has 3 heteroatoms. The lowest BCUT2D eigenvalue weighted by Gasteiger charge is -2.45. The van der Waals surface area contributed by atoms with E-state index in [2.05, 4.69) is 37.9 Å². The van der Waals surface area contributed by atoms with Crippen LogP contribution in [-0.4, -0.2) is 49.8 Å². The highest BCUT2D eigenvalue weighted by Crippen LogP contribution is 2.32. The minimum atomic E-state index is 0.465. The Morgan fingerprint density at radius 2 is 2.00 bits per heavy atom. The van der Waals surface area contributed by atoms with E-state index in [9.17, 15) is 0 Å². The lowest BCUT2D eigenvalue weighted by atomic mass is 9.81. The fourth-order valence-corrected chi connectivity index (χ4v) is 3.45. The Bertz CT molecular complexity index is 274. The van der Waals surface area contributed by atoms with Gasteiger partial charge >= 0.3 is 0 Å². The summed E-state index contributed by atoms with van der Waals surface area (Å²) in [5, 5.41) is 3.71. The molecule has 1 N–H and O–H groups in total. The monoisotopic (exact) mass is 268 g/mol. The average molecular weight is 268 g/mol. The summed E-state index contributed by atoms with van der Waals surface area (Å²) in [4.78, 5) is 2.72. The zero-order chi connectivity index (χ0) is 13.9. The second-order valence-electron chi connectivity index (χ2n) is 7.44. The summed E-state index contributed by atoms with van der Waals surface area (Å²) in [5.41, 5.74) is 0.465. The van der Waals surface area contributed by atoms with Crippen molar-refractivity contribution < 1.29 is 4.74 Å². The predicted molar refractivity (Wildman–Crippen MR) is 80.4 cm³/mol. The Kier molecular flexibility index (Phi) is 5.27. The fourth-order valence-electron chi connectivity index (χ4n) is 3.45. The van der Waals surface area contributed by atoms with Crippen LogP contribution >= 0.6 is 0 Å². The Morgan fingerprint density at radius 3 is 2.63 bits per heavy atom. The van der Waals surface area contributed by atoms with E-state index in [0.29, 0.717) is 17.5 Å². The first-order chi connectivity index (χ1) is 8.98. The summed E-state index contributed by atoms with van der Waals surface area (Å²) in [6.07, 6.45) is 3.74. The van der Waals surface area contributed by atoms with Crippen LogP contribution in [0.5, 0.6) is 0 Å². The number of hydrogen-bond donors (Lipinski definition) is 1. The first-order valence-corrected chi connectivity index (χ1v) is 8.04. The molecular formula is C16H32N2O. The number of ether oxygens (including phenoxy) is 1. The van der Waals surface area contributed by atoms with Crippen LogP contribution in [0.2, 0.25) is 0 Å². The second kappa shape index (κ2) is 6.55. The van der Waals surface area contributed by atoms with Crippen molar-refractivity contribution in [2.75, 3.05) is 32.8 Å². The van der Waals surface area contributed by atoms with Gasteiger partial charge in [-0.15, -0.1) is 0 Å². The first kappa shape index (κ1) is 15.3. The van der Waals surface area contributed by atoms with E-state index in [4.69, 9.17) is 4.74 Å². The number of rotatable bonds is 4. The molecule has 112 valence electrons. The summed E-state index contributed by atoms with van der Waals surface area (Å²) in [6, 6.07) is 1.35.